The van der Waals surface area contributed by atoms with Gasteiger partial charge in [-0.3, -0.25) is 4.79 Å². The molecular weight excluding hydrogens is 389 g/mol. The molecule has 5 nitrogen and oxygen atoms in total. The molecule has 7 heteroatoms. The van der Waals surface area contributed by atoms with Gasteiger partial charge in [0, 0.05) is 0 Å². The number of hydrogen-bond acceptors (Lipinski definition) is 4. The van der Waals surface area contributed by atoms with Gasteiger partial charge in [0.1, 0.15) is 5.75 Å². The summed E-state index contributed by atoms with van der Waals surface area (Å²) in [6, 6.07) is 11.4. The van der Waals surface area contributed by atoms with Crippen LogP contribution in [0.25, 0.3) is 0 Å². The quantitative estimate of drug-likeness (QED) is 0.637. The van der Waals surface area contributed by atoms with E-state index in [-0.39, 0.29) is 5.69 Å². The normalized spacial score (nSPS) is 11.8. The molecule has 0 spiro atoms. The first-order valence-corrected chi connectivity index (χ1v) is 9.22. The van der Waals surface area contributed by atoms with Crippen molar-refractivity contribution in [2.24, 2.45) is 5.92 Å². The zero-order valence-electron chi connectivity index (χ0n) is 15.3. The smallest absolute Gasteiger partial charge is 0.338 e. The van der Waals surface area contributed by atoms with Gasteiger partial charge < -0.3 is 14.8 Å². The van der Waals surface area contributed by atoms with E-state index in [4.69, 9.17) is 32.7 Å². The van der Waals surface area contributed by atoms with Crippen molar-refractivity contribution < 1.29 is 19.1 Å². The molecule has 1 N–H and O–H groups in total. The van der Waals surface area contributed by atoms with Crippen LogP contribution in [0.2, 0.25) is 10.0 Å². The molecule has 1 amide bonds. The minimum Gasteiger partial charge on any atom is -0.493 e. The Bertz CT molecular complexity index is 786. The molecule has 0 unspecified atom stereocenters. The molecule has 0 fully saturated rings. The second-order valence-corrected chi connectivity index (χ2v) is 7.18. The van der Waals surface area contributed by atoms with Crippen LogP contribution in [-0.4, -0.2) is 24.6 Å². The molecule has 0 saturated carbocycles. The third kappa shape index (κ3) is 6.15. The highest BCUT2D eigenvalue weighted by Gasteiger charge is 2.20. The van der Waals surface area contributed by atoms with Gasteiger partial charge in [-0.05, 0) is 49.2 Å². The number of carbonyl (C=O) groups is 2. The summed E-state index contributed by atoms with van der Waals surface area (Å²) in [5, 5.41) is 3.17. The summed E-state index contributed by atoms with van der Waals surface area (Å²) in [6.07, 6.45) is -1.03. The van der Waals surface area contributed by atoms with E-state index in [1.165, 1.54) is 6.92 Å². The molecule has 27 heavy (non-hydrogen) atoms. The lowest BCUT2D eigenvalue weighted by molar-refractivity contribution is -0.123. The van der Waals surface area contributed by atoms with Crippen molar-refractivity contribution in [1.29, 1.82) is 0 Å². The summed E-state index contributed by atoms with van der Waals surface area (Å²) in [4.78, 5) is 24.5. The van der Waals surface area contributed by atoms with E-state index in [9.17, 15) is 9.59 Å². The van der Waals surface area contributed by atoms with Gasteiger partial charge in [-0.25, -0.2) is 4.79 Å². The number of carbonyl (C=O) groups excluding carboxylic acids is 2. The van der Waals surface area contributed by atoms with E-state index in [2.05, 4.69) is 5.32 Å². The van der Waals surface area contributed by atoms with E-state index in [1.54, 1.807) is 42.5 Å². The summed E-state index contributed by atoms with van der Waals surface area (Å²) < 4.78 is 10.8. The largest absolute Gasteiger partial charge is 0.493 e. The molecule has 2 rings (SSSR count). The van der Waals surface area contributed by atoms with Gasteiger partial charge in [-0.15, -0.1) is 0 Å². The number of esters is 1. The maximum atomic E-state index is 12.3. The van der Waals surface area contributed by atoms with Crippen molar-refractivity contribution in [2.75, 3.05) is 11.9 Å². The van der Waals surface area contributed by atoms with Gasteiger partial charge in [-0.1, -0.05) is 43.1 Å². The summed E-state index contributed by atoms with van der Waals surface area (Å²) >= 11 is 12.0. The number of benzene rings is 2. The fraction of sp³-hybridized carbons (Fsp3) is 0.300. The third-order valence-corrected chi connectivity index (χ3v) is 4.17. The van der Waals surface area contributed by atoms with Crippen LogP contribution in [0.1, 0.15) is 31.1 Å². The van der Waals surface area contributed by atoms with E-state index < -0.39 is 18.0 Å². The monoisotopic (exact) mass is 409 g/mol. The van der Waals surface area contributed by atoms with Gasteiger partial charge in [0.25, 0.3) is 5.91 Å². The molecule has 0 bridgehead atoms. The van der Waals surface area contributed by atoms with Crippen LogP contribution in [0.15, 0.2) is 42.5 Å². The minimum absolute atomic E-state index is 0.278. The van der Waals surface area contributed by atoms with E-state index in [0.29, 0.717) is 33.9 Å². The molecule has 0 aliphatic heterocycles. The average molecular weight is 410 g/mol. The summed E-state index contributed by atoms with van der Waals surface area (Å²) in [6.45, 7) is 6.16. The summed E-state index contributed by atoms with van der Waals surface area (Å²) in [5.41, 5.74) is 0.600. The topological polar surface area (TPSA) is 64.6 Å². The van der Waals surface area contributed by atoms with E-state index >= 15 is 0 Å². The first-order chi connectivity index (χ1) is 12.8. The predicted molar refractivity (Wildman–Crippen MR) is 107 cm³/mol. The molecule has 0 radical (unpaired) electrons. The van der Waals surface area contributed by atoms with Crippen LogP contribution in [-0.2, 0) is 9.53 Å². The van der Waals surface area contributed by atoms with Crippen LogP contribution in [0.4, 0.5) is 5.69 Å². The zero-order chi connectivity index (χ0) is 20.0. The lowest BCUT2D eigenvalue weighted by Crippen LogP contribution is -2.30. The lowest BCUT2D eigenvalue weighted by Gasteiger charge is -2.15. The van der Waals surface area contributed by atoms with Crippen molar-refractivity contribution in [2.45, 2.75) is 26.9 Å². The van der Waals surface area contributed by atoms with Crippen molar-refractivity contribution in [3.05, 3.63) is 58.1 Å². The van der Waals surface area contributed by atoms with Gasteiger partial charge in [0.05, 0.1) is 27.9 Å². The first-order valence-electron chi connectivity index (χ1n) is 8.46. The lowest BCUT2D eigenvalue weighted by atomic mass is 10.2. The zero-order valence-corrected chi connectivity index (χ0v) is 16.8. The predicted octanol–water partition coefficient (Wildman–Crippen LogP) is 5.21. The molecule has 0 heterocycles. The molecule has 1 atom stereocenters. The minimum atomic E-state index is -1.03. The molecule has 0 saturated heterocycles. The number of amides is 1. The fourth-order valence-corrected chi connectivity index (χ4v) is 2.57. The Hall–Kier alpha value is -2.24. The highest BCUT2D eigenvalue weighted by Crippen LogP contribution is 2.30. The fourth-order valence-electron chi connectivity index (χ4n) is 2.07. The van der Waals surface area contributed by atoms with Gasteiger partial charge in [-0.2, -0.15) is 0 Å². The maximum Gasteiger partial charge on any atom is 0.338 e. The Labute approximate surface area is 168 Å². The summed E-state index contributed by atoms with van der Waals surface area (Å²) in [7, 11) is 0. The van der Waals surface area contributed by atoms with Crippen LogP contribution in [0.5, 0.6) is 5.75 Å². The SMILES string of the molecule is CC(C)COc1ccc(C(=O)O[C@H](C)C(=O)Nc2c(Cl)cccc2Cl)cc1. The Kier molecular flexibility index (Phi) is 7.51. The third-order valence-electron chi connectivity index (χ3n) is 3.54. The maximum absolute atomic E-state index is 12.3. The number of para-hydroxylation sites is 1. The molecule has 2 aromatic carbocycles. The average Bonchev–Trinajstić information content (AvgIpc) is 2.63. The molecule has 0 aliphatic carbocycles. The number of anilines is 1. The van der Waals surface area contributed by atoms with Crippen LogP contribution in [0, 0.1) is 5.92 Å². The highest BCUT2D eigenvalue weighted by atomic mass is 35.5. The van der Waals surface area contributed by atoms with Crippen LogP contribution >= 0.6 is 23.2 Å². The van der Waals surface area contributed by atoms with Gasteiger partial charge in [0.2, 0.25) is 0 Å². The van der Waals surface area contributed by atoms with Crippen LogP contribution in [0.3, 0.4) is 0 Å². The second kappa shape index (κ2) is 9.62. The standard InChI is InChI=1S/C20H21Cl2NO4/c1-12(2)11-26-15-9-7-14(8-10-15)20(25)27-13(3)19(24)23-18-16(21)5-4-6-17(18)22/h4-10,12-13H,11H2,1-3H3,(H,23,24)/t13-/m1/s1. The molecule has 0 aliphatic rings. The molecule has 144 valence electrons. The Morgan fingerprint density at radius 2 is 1.59 bits per heavy atom. The van der Waals surface area contributed by atoms with E-state index in [0.717, 1.165) is 0 Å². The summed E-state index contributed by atoms with van der Waals surface area (Å²) in [5.74, 6) is -0.0754. The number of ether oxygens (including phenoxy) is 2. The van der Waals surface area contributed by atoms with E-state index in [1.807, 2.05) is 13.8 Å². The molecular formula is C20H21Cl2NO4. The molecule has 0 aromatic heterocycles. The van der Waals surface area contributed by atoms with Crippen LogP contribution < -0.4 is 10.1 Å². The molecule has 2 aromatic rings. The number of hydrogen-bond donors (Lipinski definition) is 1. The number of rotatable bonds is 7. The highest BCUT2D eigenvalue weighted by molar-refractivity contribution is 6.39. The number of nitrogens with one attached hydrogen (secondary N) is 1. The number of halogens is 2. The first kappa shape index (κ1) is 21.1. The Balaban J connectivity index is 1.95. The Morgan fingerprint density at radius 1 is 1.00 bits per heavy atom. The van der Waals surface area contributed by atoms with Crippen molar-refractivity contribution >= 4 is 40.8 Å². The Morgan fingerprint density at radius 3 is 2.15 bits per heavy atom. The van der Waals surface area contributed by atoms with Crippen molar-refractivity contribution in [3.63, 3.8) is 0 Å². The van der Waals surface area contributed by atoms with Gasteiger partial charge in [0.15, 0.2) is 6.10 Å². The van der Waals surface area contributed by atoms with Crippen molar-refractivity contribution in [3.8, 4) is 5.75 Å². The van der Waals surface area contributed by atoms with Crippen molar-refractivity contribution in [1.82, 2.24) is 0 Å². The van der Waals surface area contributed by atoms with Gasteiger partial charge >= 0.3 is 5.97 Å². The second-order valence-electron chi connectivity index (χ2n) is 6.36.